The second-order valence-corrected chi connectivity index (χ2v) is 6.88. The SMILES string of the molecule is Cc1ccc([C@H]([NH2+]CC(=O)Nc2cccc(F)c2)c2cccs2)cc1. The second-order valence-electron chi connectivity index (χ2n) is 5.90. The van der Waals surface area contributed by atoms with Crippen LogP contribution in [0.5, 0.6) is 0 Å². The second kappa shape index (κ2) is 8.05. The Morgan fingerprint density at radius 3 is 2.64 bits per heavy atom. The molecule has 1 heterocycles. The van der Waals surface area contributed by atoms with E-state index in [0.29, 0.717) is 5.69 Å². The number of quaternary nitrogens is 1. The van der Waals surface area contributed by atoms with Gasteiger partial charge < -0.3 is 10.6 Å². The van der Waals surface area contributed by atoms with Gasteiger partial charge in [-0.25, -0.2) is 4.39 Å². The van der Waals surface area contributed by atoms with Crippen molar-refractivity contribution in [2.24, 2.45) is 0 Å². The number of hydrogen-bond acceptors (Lipinski definition) is 2. The number of halogens is 1. The van der Waals surface area contributed by atoms with E-state index in [0.717, 1.165) is 5.56 Å². The Kier molecular flexibility index (Phi) is 5.58. The van der Waals surface area contributed by atoms with Gasteiger partial charge in [0.1, 0.15) is 11.9 Å². The molecule has 3 N–H and O–H groups in total. The predicted molar refractivity (Wildman–Crippen MR) is 99.2 cm³/mol. The summed E-state index contributed by atoms with van der Waals surface area (Å²) in [6.07, 6.45) is 0. The third kappa shape index (κ3) is 4.75. The molecule has 3 aromatic rings. The molecule has 0 aliphatic carbocycles. The molecule has 0 unspecified atom stereocenters. The van der Waals surface area contributed by atoms with Gasteiger partial charge in [-0.2, -0.15) is 0 Å². The lowest BCUT2D eigenvalue weighted by molar-refractivity contribution is -0.675. The van der Waals surface area contributed by atoms with Crippen molar-refractivity contribution in [3.8, 4) is 0 Å². The lowest BCUT2D eigenvalue weighted by Crippen LogP contribution is -2.87. The molecule has 3 rings (SSSR count). The number of nitrogens with two attached hydrogens (primary N) is 1. The summed E-state index contributed by atoms with van der Waals surface area (Å²) in [5.41, 5.74) is 2.84. The van der Waals surface area contributed by atoms with Gasteiger partial charge in [0, 0.05) is 11.3 Å². The zero-order valence-electron chi connectivity index (χ0n) is 13.9. The first-order chi connectivity index (χ1) is 12.1. The number of benzene rings is 2. The minimum absolute atomic E-state index is 0.0684. The van der Waals surface area contributed by atoms with E-state index >= 15 is 0 Å². The maximum atomic E-state index is 13.2. The molecule has 0 aliphatic rings. The van der Waals surface area contributed by atoms with E-state index in [2.05, 4.69) is 42.6 Å². The van der Waals surface area contributed by atoms with Crippen LogP contribution >= 0.6 is 11.3 Å². The largest absolute Gasteiger partial charge is 0.328 e. The lowest BCUT2D eigenvalue weighted by Gasteiger charge is -2.15. The van der Waals surface area contributed by atoms with Crippen LogP contribution in [-0.2, 0) is 4.79 Å². The minimum Gasteiger partial charge on any atom is -0.328 e. The summed E-state index contributed by atoms with van der Waals surface area (Å²) in [5.74, 6) is -0.517. The third-order valence-electron chi connectivity index (χ3n) is 3.93. The van der Waals surface area contributed by atoms with Crippen molar-refractivity contribution in [2.75, 3.05) is 11.9 Å². The number of amides is 1. The quantitative estimate of drug-likeness (QED) is 0.699. The first-order valence-corrected chi connectivity index (χ1v) is 8.98. The van der Waals surface area contributed by atoms with Crippen molar-refractivity contribution < 1.29 is 14.5 Å². The molecule has 25 heavy (non-hydrogen) atoms. The molecule has 128 valence electrons. The summed E-state index contributed by atoms with van der Waals surface area (Å²) in [4.78, 5) is 13.4. The van der Waals surface area contributed by atoms with Gasteiger partial charge in [-0.05, 0) is 36.6 Å². The topological polar surface area (TPSA) is 45.7 Å². The van der Waals surface area contributed by atoms with Crippen LogP contribution < -0.4 is 10.6 Å². The van der Waals surface area contributed by atoms with Crippen LogP contribution in [0.3, 0.4) is 0 Å². The smallest absolute Gasteiger partial charge is 0.279 e. The van der Waals surface area contributed by atoms with Crippen LogP contribution in [-0.4, -0.2) is 12.5 Å². The number of aryl methyl sites for hydroxylation is 1. The molecule has 0 fully saturated rings. The zero-order chi connectivity index (χ0) is 17.6. The van der Waals surface area contributed by atoms with Crippen LogP contribution in [0.25, 0.3) is 0 Å². The van der Waals surface area contributed by atoms with Gasteiger partial charge in [-0.1, -0.05) is 42.0 Å². The van der Waals surface area contributed by atoms with Crippen molar-refractivity contribution in [2.45, 2.75) is 13.0 Å². The van der Waals surface area contributed by atoms with Crippen molar-refractivity contribution in [1.82, 2.24) is 0 Å². The summed E-state index contributed by atoms with van der Waals surface area (Å²) >= 11 is 1.68. The normalized spacial score (nSPS) is 11.9. The van der Waals surface area contributed by atoms with Crippen molar-refractivity contribution in [3.05, 3.63) is 87.9 Å². The van der Waals surface area contributed by atoms with E-state index in [4.69, 9.17) is 0 Å². The first-order valence-electron chi connectivity index (χ1n) is 8.10. The van der Waals surface area contributed by atoms with Crippen LogP contribution in [0.4, 0.5) is 10.1 Å². The summed E-state index contributed by atoms with van der Waals surface area (Å²) in [6, 6.07) is 18.4. The molecule has 1 aromatic heterocycles. The van der Waals surface area contributed by atoms with Crippen LogP contribution in [0.1, 0.15) is 22.0 Å². The fraction of sp³-hybridized carbons (Fsp3) is 0.150. The summed E-state index contributed by atoms with van der Waals surface area (Å²) in [5, 5.41) is 6.78. The van der Waals surface area contributed by atoms with E-state index in [9.17, 15) is 9.18 Å². The molecule has 1 atom stereocenters. The Bertz CT molecular complexity index is 831. The van der Waals surface area contributed by atoms with Crippen molar-refractivity contribution in [3.63, 3.8) is 0 Å². The molecule has 3 nitrogen and oxygen atoms in total. The molecule has 0 saturated carbocycles. The summed E-state index contributed by atoms with van der Waals surface area (Å²) < 4.78 is 13.2. The highest BCUT2D eigenvalue weighted by Gasteiger charge is 2.20. The van der Waals surface area contributed by atoms with E-state index < -0.39 is 0 Å². The molecular weight excluding hydrogens is 335 g/mol. The van der Waals surface area contributed by atoms with Gasteiger partial charge in [0.15, 0.2) is 6.54 Å². The third-order valence-corrected chi connectivity index (χ3v) is 4.89. The molecule has 0 spiro atoms. The Morgan fingerprint density at radius 1 is 1.16 bits per heavy atom. The Labute approximate surface area is 150 Å². The first kappa shape index (κ1) is 17.3. The van der Waals surface area contributed by atoms with Crippen molar-refractivity contribution in [1.29, 1.82) is 0 Å². The summed E-state index contributed by atoms with van der Waals surface area (Å²) in [6.45, 7) is 2.31. The minimum atomic E-state index is -0.363. The molecule has 0 radical (unpaired) electrons. The fourth-order valence-corrected chi connectivity index (χ4v) is 3.51. The Morgan fingerprint density at radius 2 is 1.96 bits per heavy atom. The van der Waals surface area contributed by atoms with Gasteiger partial charge in [-0.15, -0.1) is 11.3 Å². The van der Waals surface area contributed by atoms with E-state index in [1.54, 1.807) is 23.5 Å². The monoisotopic (exact) mass is 355 g/mol. The maximum absolute atomic E-state index is 13.2. The van der Waals surface area contributed by atoms with Crippen LogP contribution in [0, 0.1) is 12.7 Å². The van der Waals surface area contributed by atoms with E-state index in [1.807, 2.05) is 16.8 Å². The van der Waals surface area contributed by atoms with Crippen molar-refractivity contribution >= 4 is 22.9 Å². The van der Waals surface area contributed by atoms with E-state index in [1.165, 1.54) is 22.6 Å². The fourth-order valence-electron chi connectivity index (χ4n) is 2.66. The zero-order valence-corrected chi connectivity index (χ0v) is 14.7. The van der Waals surface area contributed by atoms with Crippen LogP contribution in [0.2, 0.25) is 0 Å². The molecule has 0 bridgehead atoms. The van der Waals surface area contributed by atoms with Crippen LogP contribution in [0.15, 0.2) is 66.0 Å². The average molecular weight is 355 g/mol. The number of rotatable bonds is 6. The molecule has 1 amide bonds. The number of hydrogen-bond donors (Lipinski definition) is 2. The Balaban J connectivity index is 1.68. The molecule has 5 heteroatoms. The van der Waals surface area contributed by atoms with Gasteiger partial charge in [-0.3, -0.25) is 4.79 Å². The highest BCUT2D eigenvalue weighted by Crippen LogP contribution is 2.23. The van der Waals surface area contributed by atoms with Gasteiger partial charge in [0.2, 0.25) is 0 Å². The van der Waals surface area contributed by atoms with Gasteiger partial charge in [0.25, 0.3) is 5.91 Å². The maximum Gasteiger partial charge on any atom is 0.279 e. The molecular formula is C20H20FN2OS+. The number of thiophene rings is 1. The molecule has 0 saturated heterocycles. The molecule has 2 aromatic carbocycles. The van der Waals surface area contributed by atoms with E-state index in [-0.39, 0.29) is 24.3 Å². The highest BCUT2D eigenvalue weighted by atomic mass is 32.1. The predicted octanol–water partition coefficient (Wildman–Crippen LogP) is 3.49. The lowest BCUT2D eigenvalue weighted by atomic mass is 10.0. The number of carbonyl (C=O) groups excluding carboxylic acids is 1. The number of anilines is 1. The number of nitrogens with one attached hydrogen (secondary N) is 1. The van der Waals surface area contributed by atoms with Gasteiger partial charge >= 0.3 is 0 Å². The Hall–Kier alpha value is -2.50. The summed E-state index contributed by atoms with van der Waals surface area (Å²) in [7, 11) is 0. The van der Waals surface area contributed by atoms with Gasteiger partial charge in [0.05, 0.1) is 4.88 Å². The highest BCUT2D eigenvalue weighted by molar-refractivity contribution is 7.10. The molecule has 0 aliphatic heterocycles. The average Bonchev–Trinajstić information content (AvgIpc) is 3.11. The number of carbonyl (C=O) groups is 1. The standard InChI is InChI=1S/C20H19FN2OS/c1-14-7-9-15(10-8-14)20(18-6-3-11-25-18)22-13-19(24)23-17-5-2-4-16(21)12-17/h2-12,20,22H,13H2,1H3,(H,23,24)/p+1/t20-/m0/s1.